The summed E-state index contributed by atoms with van der Waals surface area (Å²) in [5.41, 5.74) is 2.01. The largest absolute Gasteiger partial charge is 0.444 e. The van der Waals surface area contributed by atoms with Crippen LogP contribution in [0.4, 0.5) is 4.79 Å². The van der Waals surface area contributed by atoms with Crippen molar-refractivity contribution < 1.29 is 9.53 Å². The van der Waals surface area contributed by atoms with Gasteiger partial charge >= 0.3 is 6.09 Å². The van der Waals surface area contributed by atoms with Crippen LogP contribution in [0, 0.1) is 0 Å². The third-order valence-corrected chi connectivity index (χ3v) is 9.06. The molecule has 5 heteroatoms. The molecular weight excluding hydrogens is 590 g/mol. The van der Waals surface area contributed by atoms with Gasteiger partial charge in [0.2, 0.25) is 0 Å². The van der Waals surface area contributed by atoms with E-state index < -0.39 is 5.60 Å². The molecule has 6 aromatic carbocycles. The van der Waals surface area contributed by atoms with E-state index in [4.69, 9.17) is 4.74 Å². The van der Waals surface area contributed by atoms with Gasteiger partial charge in [-0.2, -0.15) is 0 Å². The van der Waals surface area contributed by atoms with Gasteiger partial charge in [0.05, 0.1) is 6.54 Å². The maximum atomic E-state index is 13.4. The molecule has 0 fully saturated rings. The molecule has 6 rings (SSSR count). The monoisotopic (exact) mass is 639 g/mol. The second kappa shape index (κ2) is 15.6. The van der Waals surface area contributed by atoms with E-state index in [1.807, 2.05) is 25.7 Å². The van der Waals surface area contributed by atoms with Crippen molar-refractivity contribution in [3.63, 3.8) is 0 Å². The van der Waals surface area contributed by atoms with Crippen LogP contribution in [0.15, 0.2) is 109 Å². The van der Waals surface area contributed by atoms with Crippen molar-refractivity contribution in [3.8, 4) is 0 Å². The molecule has 0 saturated heterocycles. The van der Waals surface area contributed by atoms with E-state index in [1.54, 1.807) is 0 Å². The third kappa shape index (κ3) is 8.33. The van der Waals surface area contributed by atoms with Crippen LogP contribution >= 0.6 is 0 Å². The van der Waals surface area contributed by atoms with Gasteiger partial charge < -0.3 is 20.3 Å². The van der Waals surface area contributed by atoms with Crippen molar-refractivity contribution in [3.05, 3.63) is 120 Å². The number of benzene rings is 6. The second-order valence-electron chi connectivity index (χ2n) is 13.8. The Kier molecular flexibility index (Phi) is 10.9. The van der Waals surface area contributed by atoms with Gasteiger partial charge in [-0.05, 0) is 132 Å². The summed E-state index contributed by atoms with van der Waals surface area (Å²) < 4.78 is 5.87. The SMILES string of the molecule is CC(C)(C)OC(=O)N(CCCCNCCCCNCc1c2ccccc2cc2ccccc12)Cc1c2ccccc2cc2ccccc12. The minimum atomic E-state index is -0.546. The minimum Gasteiger partial charge on any atom is -0.444 e. The summed E-state index contributed by atoms with van der Waals surface area (Å²) in [6.45, 7) is 10.8. The Morgan fingerprint density at radius 2 is 1.00 bits per heavy atom. The normalized spacial score (nSPS) is 11.9. The highest BCUT2D eigenvalue weighted by atomic mass is 16.6. The fourth-order valence-corrected chi connectivity index (χ4v) is 6.72. The molecule has 0 bridgehead atoms. The Labute approximate surface area is 285 Å². The molecule has 0 unspecified atom stereocenters. The zero-order valence-corrected chi connectivity index (χ0v) is 28.7. The van der Waals surface area contributed by atoms with Crippen LogP contribution < -0.4 is 10.6 Å². The van der Waals surface area contributed by atoms with Crippen LogP contribution in [-0.4, -0.2) is 42.8 Å². The van der Waals surface area contributed by atoms with E-state index in [9.17, 15) is 4.79 Å². The average molecular weight is 640 g/mol. The van der Waals surface area contributed by atoms with Crippen molar-refractivity contribution in [1.82, 2.24) is 15.5 Å². The molecule has 1 amide bonds. The highest BCUT2D eigenvalue weighted by Gasteiger charge is 2.23. The van der Waals surface area contributed by atoms with E-state index in [2.05, 4.69) is 120 Å². The molecule has 0 radical (unpaired) electrons. The first kappa shape index (κ1) is 33.5. The van der Waals surface area contributed by atoms with Crippen molar-refractivity contribution in [2.24, 2.45) is 0 Å². The Balaban J connectivity index is 0.969. The first-order chi connectivity index (χ1) is 23.4. The molecule has 6 aromatic rings. The van der Waals surface area contributed by atoms with Gasteiger partial charge in [-0.1, -0.05) is 97.1 Å². The van der Waals surface area contributed by atoms with Crippen LogP contribution in [0.3, 0.4) is 0 Å². The van der Waals surface area contributed by atoms with Crippen molar-refractivity contribution in [2.75, 3.05) is 26.2 Å². The van der Waals surface area contributed by atoms with Gasteiger partial charge in [-0.3, -0.25) is 0 Å². The number of amides is 1. The fraction of sp³-hybridized carbons (Fsp3) is 0.326. The quantitative estimate of drug-likeness (QED) is 0.0920. The predicted molar refractivity (Wildman–Crippen MR) is 203 cm³/mol. The Morgan fingerprint density at radius 3 is 1.48 bits per heavy atom. The average Bonchev–Trinajstić information content (AvgIpc) is 3.08. The topological polar surface area (TPSA) is 53.6 Å². The number of nitrogens with one attached hydrogen (secondary N) is 2. The number of hydrogen-bond acceptors (Lipinski definition) is 4. The molecule has 2 N–H and O–H groups in total. The van der Waals surface area contributed by atoms with Crippen molar-refractivity contribution in [2.45, 2.75) is 65.1 Å². The van der Waals surface area contributed by atoms with E-state index >= 15 is 0 Å². The highest BCUT2D eigenvalue weighted by Crippen LogP contribution is 2.31. The van der Waals surface area contributed by atoms with Crippen LogP contribution in [0.5, 0.6) is 0 Å². The minimum absolute atomic E-state index is 0.253. The number of carbonyl (C=O) groups excluding carboxylic acids is 1. The lowest BCUT2D eigenvalue weighted by atomic mass is 9.96. The van der Waals surface area contributed by atoms with Crippen LogP contribution in [0.2, 0.25) is 0 Å². The smallest absolute Gasteiger partial charge is 0.410 e. The van der Waals surface area contributed by atoms with Crippen molar-refractivity contribution >= 4 is 49.2 Å². The summed E-state index contributed by atoms with van der Waals surface area (Å²) >= 11 is 0. The lowest BCUT2D eigenvalue weighted by Crippen LogP contribution is -2.37. The molecule has 0 spiro atoms. The third-order valence-electron chi connectivity index (χ3n) is 9.06. The molecule has 0 heterocycles. The Morgan fingerprint density at radius 1 is 0.583 bits per heavy atom. The number of nitrogens with zero attached hydrogens (tertiary/aromatic N) is 1. The maximum absolute atomic E-state index is 13.4. The molecule has 5 nitrogen and oxygen atoms in total. The van der Waals surface area contributed by atoms with Gasteiger partial charge in [0, 0.05) is 13.1 Å². The number of carbonyl (C=O) groups is 1. The molecule has 0 aliphatic heterocycles. The molecule has 0 saturated carbocycles. The Hall–Kier alpha value is -4.45. The summed E-state index contributed by atoms with van der Waals surface area (Å²) in [4.78, 5) is 15.3. The lowest BCUT2D eigenvalue weighted by Gasteiger charge is -2.28. The summed E-state index contributed by atoms with van der Waals surface area (Å²) in [6, 6.07) is 38.8. The fourth-order valence-electron chi connectivity index (χ4n) is 6.72. The molecule has 248 valence electrons. The van der Waals surface area contributed by atoms with Gasteiger partial charge in [0.1, 0.15) is 5.60 Å². The van der Waals surface area contributed by atoms with Crippen LogP contribution in [0.1, 0.15) is 57.6 Å². The van der Waals surface area contributed by atoms with Gasteiger partial charge in [-0.15, -0.1) is 0 Å². The number of fused-ring (bicyclic) bond motifs is 4. The lowest BCUT2D eigenvalue weighted by molar-refractivity contribution is 0.0232. The number of rotatable bonds is 14. The molecule has 0 aliphatic carbocycles. The molecule has 0 aromatic heterocycles. The van der Waals surface area contributed by atoms with Gasteiger partial charge in [0.15, 0.2) is 0 Å². The molecule has 0 atom stereocenters. The van der Waals surface area contributed by atoms with Crippen LogP contribution in [0.25, 0.3) is 43.1 Å². The summed E-state index contributed by atoms with van der Waals surface area (Å²) in [5.74, 6) is 0. The molecular formula is C43H49N3O2. The standard InChI is InChI=1S/C43H49N3O2/c1-43(2,3)48-42(47)46(31-41-38-22-10-6-18-34(38)29-35-19-7-11-23-39(35)41)27-15-14-25-44-24-12-13-26-45-30-40-36-20-8-4-16-32(36)28-33-17-5-9-21-37(33)40/h4-11,16-23,28-29,44-45H,12-15,24-27,30-31H2,1-3H3. The zero-order chi connectivity index (χ0) is 33.3. The van der Waals surface area contributed by atoms with Gasteiger partial charge in [-0.25, -0.2) is 4.79 Å². The van der Waals surface area contributed by atoms with E-state index in [0.29, 0.717) is 13.1 Å². The Bertz CT molecular complexity index is 1890. The van der Waals surface area contributed by atoms with Crippen LogP contribution in [-0.2, 0) is 17.8 Å². The summed E-state index contributed by atoms with van der Waals surface area (Å²) in [5, 5.41) is 17.3. The van der Waals surface area contributed by atoms with E-state index in [-0.39, 0.29) is 6.09 Å². The number of ether oxygens (including phenoxy) is 1. The molecule has 0 aliphatic rings. The van der Waals surface area contributed by atoms with E-state index in [0.717, 1.165) is 51.9 Å². The summed E-state index contributed by atoms with van der Waals surface area (Å²) in [7, 11) is 0. The second-order valence-corrected chi connectivity index (χ2v) is 13.8. The first-order valence-corrected chi connectivity index (χ1v) is 17.6. The maximum Gasteiger partial charge on any atom is 0.410 e. The number of hydrogen-bond donors (Lipinski definition) is 2. The zero-order valence-electron chi connectivity index (χ0n) is 28.7. The predicted octanol–water partition coefficient (Wildman–Crippen LogP) is 9.98. The van der Waals surface area contributed by atoms with E-state index in [1.165, 1.54) is 54.2 Å². The highest BCUT2D eigenvalue weighted by molar-refractivity contribution is 6.03. The first-order valence-electron chi connectivity index (χ1n) is 17.6. The summed E-state index contributed by atoms with van der Waals surface area (Å²) in [6.07, 6.45) is 3.91. The number of unbranched alkanes of at least 4 members (excludes halogenated alkanes) is 2. The molecule has 48 heavy (non-hydrogen) atoms. The van der Waals surface area contributed by atoms with Gasteiger partial charge in [0.25, 0.3) is 0 Å². The van der Waals surface area contributed by atoms with Crippen molar-refractivity contribution in [1.29, 1.82) is 0 Å².